The minimum atomic E-state index is -4.44. The monoisotopic (exact) mass is 340 g/mol. The number of hydrogen-bond donors (Lipinski definition) is 0. The van der Waals surface area contributed by atoms with Gasteiger partial charge in [0.15, 0.2) is 5.82 Å². The fourth-order valence-corrected chi connectivity index (χ4v) is 2.83. The summed E-state index contributed by atoms with van der Waals surface area (Å²) in [4.78, 5) is 10.7. The lowest BCUT2D eigenvalue weighted by Crippen LogP contribution is -2.20. The summed E-state index contributed by atoms with van der Waals surface area (Å²) in [6, 6.07) is 1.28. The molecule has 21 heavy (non-hydrogen) atoms. The molecular formula is C12H11ClF2O5S. The van der Waals surface area contributed by atoms with Crippen molar-refractivity contribution in [3.63, 3.8) is 0 Å². The van der Waals surface area contributed by atoms with Crippen LogP contribution in [0.5, 0.6) is 0 Å². The van der Waals surface area contributed by atoms with Gasteiger partial charge in [-0.05, 0) is 25.0 Å². The van der Waals surface area contributed by atoms with Gasteiger partial charge in [0.1, 0.15) is 22.9 Å². The predicted molar refractivity (Wildman–Crippen MR) is 68.7 cm³/mol. The molecule has 1 heterocycles. The second-order valence-electron chi connectivity index (χ2n) is 4.41. The molecule has 2 rings (SSSR count). The molecular weight excluding hydrogens is 330 g/mol. The minimum Gasteiger partial charge on any atom is -0.459 e. The highest BCUT2D eigenvalue weighted by molar-refractivity contribution is 8.13. The van der Waals surface area contributed by atoms with Crippen molar-refractivity contribution in [2.75, 3.05) is 13.2 Å². The van der Waals surface area contributed by atoms with E-state index in [-0.39, 0.29) is 12.7 Å². The Balaban J connectivity index is 2.23. The summed E-state index contributed by atoms with van der Waals surface area (Å²) in [5, 5.41) is 0. The van der Waals surface area contributed by atoms with E-state index in [1.165, 1.54) is 0 Å². The molecule has 1 aliphatic heterocycles. The highest BCUT2D eigenvalue weighted by Gasteiger charge is 2.28. The van der Waals surface area contributed by atoms with Crippen LogP contribution >= 0.6 is 10.7 Å². The first-order valence-electron chi connectivity index (χ1n) is 6.02. The molecule has 0 amide bonds. The second-order valence-corrected chi connectivity index (χ2v) is 6.94. The Morgan fingerprint density at radius 1 is 1.43 bits per heavy atom. The first kappa shape index (κ1) is 16.1. The highest BCUT2D eigenvalue weighted by atomic mass is 35.7. The third-order valence-electron chi connectivity index (χ3n) is 2.95. The van der Waals surface area contributed by atoms with Crippen LogP contribution in [0.4, 0.5) is 8.78 Å². The minimum absolute atomic E-state index is 0.157. The fourth-order valence-electron chi connectivity index (χ4n) is 1.93. The number of carbonyl (C=O) groups is 1. The quantitative estimate of drug-likeness (QED) is 0.621. The number of carbonyl (C=O) groups excluding carboxylic acids is 1. The van der Waals surface area contributed by atoms with Crippen LogP contribution in [0.25, 0.3) is 0 Å². The van der Waals surface area contributed by atoms with E-state index in [0.29, 0.717) is 25.2 Å². The van der Waals surface area contributed by atoms with Gasteiger partial charge in [0.25, 0.3) is 9.05 Å². The molecule has 1 aliphatic rings. The van der Waals surface area contributed by atoms with Crippen LogP contribution in [0.2, 0.25) is 0 Å². The van der Waals surface area contributed by atoms with Crippen LogP contribution in [0.1, 0.15) is 23.2 Å². The summed E-state index contributed by atoms with van der Waals surface area (Å²) in [5.74, 6) is -4.10. The molecule has 116 valence electrons. The maximum absolute atomic E-state index is 13.9. The number of ether oxygens (including phenoxy) is 2. The van der Waals surface area contributed by atoms with Gasteiger partial charge in [-0.2, -0.15) is 0 Å². The number of benzene rings is 1. The zero-order valence-corrected chi connectivity index (χ0v) is 12.2. The predicted octanol–water partition coefficient (Wildman–Crippen LogP) is 2.23. The normalized spacial score (nSPS) is 18.7. The Bertz CT molecular complexity index is 656. The topological polar surface area (TPSA) is 69.7 Å². The molecule has 0 radical (unpaired) electrons. The van der Waals surface area contributed by atoms with Crippen LogP contribution in [0, 0.1) is 11.6 Å². The van der Waals surface area contributed by atoms with E-state index in [2.05, 4.69) is 0 Å². The maximum atomic E-state index is 13.9. The molecule has 0 spiro atoms. The average molecular weight is 341 g/mol. The van der Waals surface area contributed by atoms with E-state index >= 15 is 0 Å². The third-order valence-corrected chi connectivity index (χ3v) is 4.29. The average Bonchev–Trinajstić information content (AvgIpc) is 2.87. The van der Waals surface area contributed by atoms with Crippen molar-refractivity contribution in [3.8, 4) is 0 Å². The molecule has 1 atom stereocenters. The van der Waals surface area contributed by atoms with Gasteiger partial charge in [0.2, 0.25) is 0 Å². The summed E-state index contributed by atoms with van der Waals surface area (Å²) in [6.45, 7) is 0.375. The van der Waals surface area contributed by atoms with Gasteiger partial charge in [-0.1, -0.05) is 0 Å². The lowest BCUT2D eigenvalue weighted by atomic mass is 10.2. The molecule has 1 aromatic rings. The SMILES string of the molecule is O=C(OCC1CCCO1)c1c(F)ccc(S(=O)(=O)Cl)c1F. The molecule has 0 aliphatic carbocycles. The van der Waals surface area contributed by atoms with Crippen LogP contribution in [-0.2, 0) is 18.5 Å². The van der Waals surface area contributed by atoms with E-state index in [0.717, 1.165) is 6.42 Å². The van der Waals surface area contributed by atoms with E-state index in [4.69, 9.17) is 20.2 Å². The summed E-state index contributed by atoms with van der Waals surface area (Å²) in [7, 11) is 0.572. The molecule has 5 nitrogen and oxygen atoms in total. The molecule has 1 saturated heterocycles. The van der Waals surface area contributed by atoms with Gasteiger partial charge < -0.3 is 9.47 Å². The molecule has 9 heteroatoms. The Labute approximate surface area is 124 Å². The first-order chi connectivity index (χ1) is 9.80. The van der Waals surface area contributed by atoms with E-state index in [1.807, 2.05) is 0 Å². The Morgan fingerprint density at radius 2 is 2.14 bits per heavy atom. The summed E-state index contributed by atoms with van der Waals surface area (Å²) < 4.78 is 59.7. The number of halogens is 3. The zero-order chi connectivity index (χ0) is 15.6. The lowest BCUT2D eigenvalue weighted by Gasteiger charge is -2.11. The van der Waals surface area contributed by atoms with Crippen LogP contribution in [-0.4, -0.2) is 33.7 Å². The summed E-state index contributed by atoms with van der Waals surface area (Å²) in [6.07, 6.45) is 1.17. The fraction of sp³-hybridized carbons (Fsp3) is 0.417. The molecule has 1 aromatic carbocycles. The van der Waals surface area contributed by atoms with Gasteiger partial charge in [-0.25, -0.2) is 22.0 Å². The number of esters is 1. The zero-order valence-electron chi connectivity index (χ0n) is 10.6. The standard InChI is InChI=1S/C12H11ClF2O5S/c13-21(17,18)9-4-3-8(14)10(11(9)15)12(16)20-6-7-2-1-5-19-7/h3-4,7H,1-2,5-6H2. The van der Waals surface area contributed by atoms with Crippen molar-refractivity contribution in [2.24, 2.45) is 0 Å². The lowest BCUT2D eigenvalue weighted by molar-refractivity contribution is 0.0153. The van der Waals surface area contributed by atoms with E-state index in [9.17, 15) is 22.0 Å². The largest absolute Gasteiger partial charge is 0.459 e. The Kier molecular flexibility index (Phi) is 4.80. The highest BCUT2D eigenvalue weighted by Crippen LogP contribution is 2.24. The van der Waals surface area contributed by atoms with Crippen LogP contribution in [0.3, 0.4) is 0 Å². The molecule has 0 saturated carbocycles. The smallest absolute Gasteiger partial charge is 0.344 e. The van der Waals surface area contributed by atoms with Crippen LogP contribution in [0.15, 0.2) is 17.0 Å². The number of hydrogen-bond acceptors (Lipinski definition) is 5. The molecule has 1 fully saturated rings. The van der Waals surface area contributed by atoms with Crippen molar-refractivity contribution in [1.82, 2.24) is 0 Å². The maximum Gasteiger partial charge on any atom is 0.344 e. The van der Waals surface area contributed by atoms with Crippen molar-refractivity contribution < 1.29 is 31.5 Å². The Hall–Kier alpha value is -1.25. The molecule has 1 unspecified atom stereocenters. The van der Waals surface area contributed by atoms with Gasteiger partial charge in [-0.15, -0.1) is 0 Å². The number of rotatable bonds is 4. The van der Waals surface area contributed by atoms with E-state index in [1.54, 1.807) is 0 Å². The van der Waals surface area contributed by atoms with Crippen LogP contribution < -0.4 is 0 Å². The Morgan fingerprint density at radius 3 is 2.71 bits per heavy atom. The summed E-state index contributed by atoms with van der Waals surface area (Å²) >= 11 is 0. The van der Waals surface area contributed by atoms with Gasteiger partial charge >= 0.3 is 5.97 Å². The first-order valence-corrected chi connectivity index (χ1v) is 8.33. The van der Waals surface area contributed by atoms with E-state index < -0.39 is 37.1 Å². The van der Waals surface area contributed by atoms with Gasteiger partial charge in [0, 0.05) is 17.3 Å². The second kappa shape index (κ2) is 6.25. The van der Waals surface area contributed by atoms with Gasteiger partial charge in [0.05, 0.1) is 6.10 Å². The molecule has 0 N–H and O–H groups in total. The van der Waals surface area contributed by atoms with Gasteiger partial charge in [-0.3, -0.25) is 0 Å². The van der Waals surface area contributed by atoms with Crippen molar-refractivity contribution in [2.45, 2.75) is 23.8 Å². The molecule has 0 bridgehead atoms. The third kappa shape index (κ3) is 3.69. The molecule has 0 aromatic heterocycles. The van der Waals surface area contributed by atoms with Crippen molar-refractivity contribution in [1.29, 1.82) is 0 Å². The summed E-state index contributed by atoms with van der Waals surface area (Å²) in [5.41, 5.74) is -1.09. The van der Waals surface area contributed by atoms with Crippen molar-refractivity contribution in [3.05, 3.63) is 29.3 Å². The van der Waals surface area contributed by atoms with Crippen molar-refractivity contribution >= 4 is 25.7 Å².